The van der Waals surface area contributed by atoms with Crippen molar-refractivity contribution in [1.29, 1.82) is 0 Å². The molecule has 0 saturated heterocycles. The average Bonchev–Trinajstić information content (AvgIpc) is 3.13. The van der Waals surface area contributed by atoms with Gasteiger partial charge in [0.15, 0.2) is 11.6 Å². The summed E-state index contributed by atoms with van der Waals surface area (Å²) in [6, 6.07) is 3.02. The Labute approximate surface area is 109 Å². The second-order valence-electron chi connectivity index (χ2n) is 4.53. The summed E-state index contributed by atoms with van der Waals surface area (Å²) in [7, 11) is 0. The molecule has 0 spiro atoms. The molecule has 1 aromatic carbocycles. The Hall–Kier alpha value is -0.480. The quantitative estimate of drug-likeness (QED) is 0.805. The predicted molar refractivity (Wildman–Crippen MR) is 67.8 cm³/mol. The molecule has 0 amide bonds. The molecule has 17 heavy (non-hydrogen) atoms. The largest absolute Gasteiger partial charge is 0.310 e. The standard InChI is InChI=1S/C13H16BrF2N/c1-2-7-17-13(8-3-4-8)9-5-6-10(15)12(16)11(9)14/h5-6,8,13,17H,2-4,7H2,1H3. The number of halogens is 3. The molecule has 1 unspecified atom stereocenters. The summed E-state index contributed by atoms with van der Waals surface area (Å²) < 4.78 is 26.8. The fourth-order valence-electron chi connectivity index (χ4n) is 2.04. The van der Waals surface area contributed by atoms with Crippen LogP contribution in [0, 0.1) is 17.6 Å². The van der Waals surface area contributed by atoms with E-state index < -0.39 is 11.6 Å². The molecule has 1 aliphatic carbocycles. The third kappa shape index (κ3) is 2.86. The van der Waals surface area contributed by atoms with Crippen LogP contribution in [-0.4, -0.2) is 6.54 Å². The van der Waals surface area contributed by atoms with Crippen molar-refractivity contribution in [2.45, 2.75) is 32.2 Å². The van der Waals surface area contributed by atoms with Crippen LogP contribution in [0.25, 0.3) is 0 Å². The minimum atomic E-state index is -0.800. The number of rotatable bonds is 5. The van der Waals surface area contributed by atoms with Crippen molar-refractivity contribution < 1.29 is 8.78 Å². The lowest BCUT2D eigenvalue weighted by molar-refractivity contribution is 0.464. The van der Waals surface area contributed by atoms with Crippen LogP contribution >= 0.6 is 15.9 Å². The maximum Gasteiger partial charge on any atom is 0.173 e. The zero-order valence-electron chi connectivity index (χ0n) is 9.77. The molecule has 1 saturated carbocycles. The Bertz CT molecular complexity index is 405. The van der Waals surface area contributed by atoms with E-state index in [2.05, 4.69) is 28.2 Å². The molecule has 94 valence electrons. The van der Waals surface area contributed by atoms with Gasteiger partial charge in [0.1, 0.15) is 0 Å². The Morgan fingerprint density at radius 3 is 2.71 bits per heavy atom. The third-order valence-corrected chi connectivity index (χ3v) is 3.91. The van der Waals surface area contributed by atoms with E-state index in [0.29, 0.717) is 5.92 Å². The highest BCUT2D eigenvalue weighted by atomic mass is 79.9. The van der Waals surface area contributed by atoms with E-state index in [1.807, 2.05) is 0 Å². The minimum absolute atomic E-state index is 0.138. The first-order chi connectivity index (χ1) is 8.15. The van der Waals surface area contributed by atoms with Gasteiger partial charge in [0.05, 0.1) is 4.47 Å². The van der Waals surface area contributed by atoms with Crippen molar-refractivity contribution in [3.8, 4) is 0 Å². The summed E-state index contributed by atoms with van der Waals surface area (Å²) in [5.41, 5.74) is 0.833. The summed E-state index contributed by atoms with van der Waals surface area (Å²) in [4.78, 5) is 0. The molecule has 4 heteroatoms. The minimum Gasteiger partial charge on any atom is -0.310 e. The highest BCUT2D eigenvalue weighted by Gasteiger charge is 2.33. The molecule has 1 nitrogen and oxygen atoms in total. The topological polar surface area (TPSA) is 12.0 Å². The number of hydrogen-bond acceptors (Lipinski definition) is 1. The molecule has 1 aromatic rings. The zero-order valence-corrected chi connectivity index (χ0v) is 11.4. The molecule has 2 rings (SSSR count). The third-order valence-electron chi connectivity index (χ3n) is 3.11. The van der Waals surface area contributed by atoms with E-state index in [4.69, 9.17) is 0 Å². The number of benzene rings is 1. The Kier molecular flexibility index (Phi) is 4.15. The van der Waals surface area contributed by atoms with Crippen molar-refractivity contribution >= 4 is 15.9 Å². The molecule has 0 radical (unpaired) electrons. The second-order valence-corrected chi connectivity index (χ2v) is 5.33. The fourth-order valence-corrected chi connectivity index (χ4v) is 2.61. The maximum atomic E-state index is 13.5. The first kappa shape index (κ1) is 13.0. The van der Waals surface area contributed by atoms with E-state index in [1.54, 1.807) is 6.07 Å². The molecule has 1 fully saturated rings. The first-order valence-electron chi connectivity index (χ1n) is 6.02. The van der Waals surface area contributed by atoms with Gasteiger partial charge in [-0.2, -0.15) is 0 Å². The van der Waals surface area contributed by atoms with Crippen LogP contribution in [0.1, 0.15) is 37.8 Å². The monoisotopic (exact) mass is 303 g/mol. The van der Waals surface area contributed by atoms with Gasteiger partial charge < -0.3 is 5.32 Å². The molecule has 1 N–H and O–H groups in total. The zero-order chi connectivity index (χ0) is 12.4. The van der Waals surface area contributed by atoms with Crippen molar-refractivity contribution in [3.05, 3.63) is 33.8 Å². The average molecular weight is 304 g/mol. The summed E-state index contributed by atoms with van der Waals surface area (Å²) in [5, 5.41) is 3.42. The molecule has 1 atom stereocenters. The molecule has 0 bridgehead atoms. The first-order valence-corrected chi connectivity index (χ1v) is 6.81. The van der Waals surface area contributed by atoms with Gasteiger partial charge in [-0.1, -0.05) is 13.0 Å². The van der Waals surface area contributed by atoms with Gasteiger partial charge in [-0.15, -0.1) is 0 Å². The molecule has 0 heterocycles. The van der Waals surface area contributed by atoms with Crippen LogP contribution in [-0.2, 0) is 0 Å². The lowest BCUT2D eigenvalue weighted by atomic mass is 10.0. The van der Waals surface area contributed by atoms with Gasteiger partial charge in [0, 0.05) is 6.04 Å². The molecular formula is C13H16BrF2N. The SMILES string of the molecule is CCCNC(c1ccc(F)c(F)c1Br)C1CC1. The van der Waals surface area contributed by atoms with Crippen molar-refractivity contribution in [1.82, 2.24) is 5.32 Å². The van der Waals surface area contributed by atoms with E-state index in [9.17, 15) is 8.78 Å². The van der Waals surface area contributed by atoms with Crippen LogP contribution in [0.4, 0.5) is 8.78 Å². The van der Waals surface area contributed by atoms with Gasteiger partial charge in [-0.05, 0) is 59.3 Å². The highest BCUT2D eigenvalue weighted by molar-refractivity contribution is 9.10. The van der Waals surface area contributed by atoms with Crippen molar-refractivity contribution in [2.75, 3.05) is 6.54 Å². The van der Waals surface area contributed by atoms with Gasteiger partial charge in [0.25, 0.3) is 0 Å². The Morgan fingerprint density at radius 2 is 2.12 bits per heavy atom. The molecule has 0 aliphatic heterocycles. The number of hydrogen-bond donors (Lipinski definition) is 1. The summed E-state index contributed by atoms with van der Waals surface area (Å²) in [6.07, 6.45) is 3.35. The summed E-state index contributed by atoms with van der Waals surface area (Å²) in [5.74, 6) is -1.03. The maximum absolute atomic E-state index is 13.5. The summed E-state index contributed by atoms with van der Waals surface area (Å²) >= 11 is 3.16. The van der Waals surface area contributed by atoms with Gasteiger partial charge in [-0.25, -0.2) is 8.78 Å². The van der Waals surface area contributed by atoms with Gasteiger partial charge in [-0.3, -0.25) is 0 Å². The van der Waals surface area contributed by atoms with Gasteiger partial charge >= 0.3 is 0 Å². The van der Waals surface area contributed by atoms with Crippen LogP contribution in [0.15, 0.2) is 16.6 Å². The summed E-state index contributed by atoms with van der Waals surface area (Å²) in [6.45, 7) is 2.99. The fraction of sp³-hybridized carbons (Fsp3) is 0.538. The van der Waals surface area contributed by atoms with Crippen LogP contribution in [0.3, 0.4) is 0 Å². The Balaban J connectivity index is 2.26. The lowest BCUT2D eigenvalue weighted by Gasteiger charge is -2.20. The smallest absolute Gasteiger partial charge is 0.173 e. The molecule has 1 aliphatic rings. The predicted octanol–water partition coefficient (Wildman–Crippen LogP) is 4.18. The van der Waals surface area contributed by atoms with E-state index in [1.165, 1.54) is 6.07 Å². The van der Waals surface area contributed by atoms with Crippen LogP contribution < -0.4 is 5.32 Å². The van der Waals surface area contributed by atoms with Crippen molar-refractivity contribution in [2.24, 2.45) is 5.92 Å². The Morgan fingerprint density at radius 1 is 1.41 bits per heavy atom. The van der Waals surface area contributed by atoms with E-state index in [-0.39, 0.29) is 10.5 Å². The number of nitrogens with one attached hydrogen (secondary N) is 1. The van der Waals surface area contributed by atoms with Crippen LogP contribution in [0.5, 0.6) is 0 Å². The molecule has 0 aromatic heterocycles. The molecular weight excluding hydrogens is 288 g/mol. The van der Waals surface area contributed by atoms with Crippen molar-refractivity contribution in [3.63, 3.8) is 0 Å². The lowest BCUT2D eigenvalue weighted by Crippen LogP contribution is -2.24. The van der Waals surface area contributed by atoms with Crippen LogP contribution in [0.2, 0.25) is 0 Å². The second kappa shape index (κ2) is 5.44. The highest BCUT2D eigenvalue weighted by Crippen LogP contribution is 2.43. The normalized spacial score (nSPS) is 17.2. The van der Waals surface area contributed by atoms with E-state index in [0.717, 1.165) is 31.4 Å². The van der Waals surface area contributed by atoms with E-state index >= 15 is 0 Å². The van der Waals surface area contributed by atoms with Gasteiger partial charge in [0.2, 0.25) is 0 Å².